The second-order valence-corrected chi connectivity index (χ2v) is 6.62. The lowest BCUT2D eigenvalue weighted by atomic mass is 9.85. The highest BCUT2D eigenvalue weighted by Gasteiger charge is 2.24. The zero-order valence-corrected chi connectivity index (χ0v) is 14.3. The SMILES string of the molecule is CC(CC(=O)N(C)CCOCC1CC1)C1CCCNC1.Cl. The van der Waals surface area contributed by atoms with Gasteiger partial charge in [0.15, 0.2) is 0 Å². The van der Waals surface area contributed by atoms with Crippen LogP contribution in [0.2, 0.25) is 0 Å². The third kappa shape index (κ3) is 6.98. The molecule has 4 nitrogen and oxygen atoms in total. The Labute approximate surface area is 135 Å². The molecule has 1 saturated heterocycles. The molecular weight excluding hydrogens is 288 g/mol. The van der Waals surface area contributed by atoms with Crippen LogP contribution in [-0.4, -0.2) is 50.7 Å². The molecule has 1 N–H and O–H groups in total. The molecule has 1 aliphatic carbocycles. The number of ether oxygens (including phenoxy) is 1. The molecule has 0 bridgehead atoms. The van der Waals surface area contributed by atoms with Gasteiger partial charge in [0.1, 0.15) is 0 Å². The number of amides is 1. The smallest absolute Gasteiger partial charge is 0.222 e. The number of hydrogen-bond donors (Lipinski definition) is 1. The van der Waals surface area contributed by atoms with E-state index in [9.17, 15) is 4.79 Å². The van der Waals surface area contributed by atoms with Gasteiger partial charge in [0.25, 0.3) is 0 Å². The summed E-state index contributed by atoms with van der Waals surface area (Å²) in [6, 6.07) is 0. The first-order valence-corrected chi connectivity index (χ1v) is 8.19. The molecule has 21 heavy (non-hydrogen) atoms. The Morgan fingerprint density at radius 2 is 2.14 bits per heavy atom. The molecule has 2 unspecified atom stereocenters. The normalized spacial score (nSPS) is 23.2. The Morgan fingerprint density at radius 3 is 2.76 bits per heavy atom. The molecule has 1 amide bonds. The highest BCUT2D eigenvalue weighted by molar-refractivity contribution is 5.85. The van der Waals surface area contributed by atoms with Crippen LogP contribution in [0.3, 0.4) is 0 Å². The average molecular weight is 319 g/mol. The van der Waals surface area contributed by atoms with Gasteiger partial charge in [-0.25, -0.2) is 0 Å². The monoisotopic (exact) mass is 318 g/mol. The Kier molecular flexibility index (Phi) is 8.60. The van der Waals surface area contributed by atoms with Gasteiger partial charge in [0, 0.05) is 26.6 Å². The Morgan fingerprint density at radius 1 is 1.38 bits per heavy atom. The van der Waals surface area contributed by atoms with Gasteiger partial charge in [-0.2, -0.15) is 0 Å². The van der Waals surface area contributed by atoms with E-state index >= 15 is 0 Å². The Balaban J connectivity index is 0.00000220. The van der Waals surface area contributed by atoms with Gasteiger partial charge in [0.2, 0.25) is 5.91 Å². The van der Waals surface area contributed by atoms with Crippen molar-refractivity contribution in [2.24, 2.45) is 17.8 Å². The summed E-state index contributed by atoms with van der Waals surface area (Å²) in [6.45, 7) is 6.70. The molecule has 0 radical (unpaired) electrons. The van der Waals surface area contributed by atoms with Crippen molar-refractivity contribution in [3.05, 3.63) is 0 Å². The van der Waals surface area contributed by atoms with Crippen LogP contribution >= 0.6 is 12.4 Å². The number of nitrogens with zero attached hydrogens (tertiary/aromatic N) is 1. The van der Waals surface area contributed by atoms with Crippen molar-refractivity contribution < 1.29 is 9.53 Å². The number of hydrogen-bond acceptors (Lipinski definition) is 3. The number of carbonyl (C=O) groups excluding carboxylic acids is 1. The Bertz CT molecular complexity index is 305. The highest BCUT2D eigenvalue weighted by Crippen LogP contribution is 2.28. The molecule has 5 heteroatoms. The van der Waals surface area contributed by atoms with Crippen LogP contribution in [0.25, 0.3) is 0 Å². The summed E-state index contributed by atoms with van der Waals surface area (Å²) in [5.41, 5.74) is 0. The molecule has 1 aliphatic heterocycles. The zero-order valence-electron chi connectivity index (χ0n) is 13.5. The number of carbonyl (C=O) groups is 1. The van der Waals surface area contributed by atoms with Crippen molar-refractivity contribution in [3.8, 4) is 0 Å². The second kappa shape index (κ2) is 9.65. The maximum atomic E-state index is 12.2. The van der Waals surface area contributed by atoms with Crippen LogP contribution in [-0.2, 0) is 9.53 Å². The molecule has 0 spiro atoms. The quantitative estimate of drug-likeness (QED) is 0.698. The topological polar surface area (TPSA) is 41.6 Å². The number of piperidine rings is 1. The van der Waals surface area contributed by atoms with Crippen molar-refractivity contribution in [2.45, 2.75) is 39.0 Å². The summed E-state index contributed by atoms with van der Waals surface area (Å²) in [5.74, 6) is 2.20. The molecule has 1 heterocycles. The summed E-state index contributed by atoms with van der Waals surface area (Å²) < 4.78 is 5.60. The van der Waals surface area contributed by atoms with Gasteiger partial charge in [-0.3, -0.25) is 4.79 Å². The predicted octanol–water partition coefficient (Wildman–Crippen LogP) is 2.32. The minimum absolute atomic E-state index is 0. The molecular formula is C16H31ClN2O2. The summed E-state index contributed by atoms with van der Waals surface area (Å²) in [7, 11) is 1.90. The zero-order chi connectivity index (χ0) is 14.4. The summed E-state index contributed by atoms with van der Waals surface area (Å²) in [6.07, 6.45) is 5.82. The largest absolute Gasteiger partial charge is 0.379 e. The summed E-state index contributed by atoms with van der Waals surface area (Å²) >= 11 is 0. The van der Waals surface area contributed by atoms with E-state index in [1.807, 2.05) is 11.9 Å². The molecule has 0 aromatic heterocycles. The van der Waals surface area contributed by atoms with Crippen LogP contribution in [0.5, 0.6) is 0 Å². The molecule has 124 valence electrons. The van der Waals surface area contributed by atoms with E-state index < -0.39 is 0 Å². The van der Waals surface area contributed by atoms with E-state index in [2.05, 4.69) is 12.2 Å². The van der Waals surface area contributed by atoms with Gasteiger partial charge >= 0.3 is 0 Å². The molecule has 2 aliphatic rings. The van der Waals surface area contributed by atoms with Crippen molar-refractivity contribution in [2.75, 3.05) is 39.9 Å². The molecule has 2 fully saturated rings. The van der Waals surface area contributed by atoms with Crippen molar-refractivity contribution in [1.29, 1.82) is 0 Å². The van der Waals surface area contributed by atoms with Gasteiger partial charge in [0.05, 0.1) is 6.61 Å². The van der Waals surface area contributed by atoms with Gasteiger partial charge in [-0.05, 0) is 56.5 Å². The van der Waals surface area contributed by atoms with Crippen molar-refractivity contribution in [3.63, 3.8) is 0 Å². The molecule has 1 saturated carbocycles. The molecule has 0 aromatic rings. The fraction of sp³-hybridized carbons (Fsp3) is 0.938. The van der Waals surface area contributed by atoms with E-state index in [0.717, 1.165) is 32.2 Å². The maximum Gasteiger partial charge on any atom is 0.222 e. The number of rotatable bonds is 8. The molecule has 0 aromatic carbocycles. The number of likely N-dealkylation sites (N-methyl/N-ethyl adjacent to an activating group) is 1. The number of halogens is 1. The number of nitrogens with one attached hydrogen (secondary N) is 1. The van der Waals surface area contributed by atoms with Crippen LogP contribution < -0.4 is 5.32 Å². The first-order chi connectivity index (χ1) is 9.66. The molecule has 2 rings (SSSR count). The highest BCUT2D eigenvalue weighted by atomic mass is 35.5. The standard InChI is InChI=1S/C16H30N2O2.ClH/c1-13(15-4-3-7-17-11-15)10-16(19)18(2)8-9-20-12-14-5-6-14;/h13-15,17H,3-12H2,1-2H3;1H. The van der Waals surface area contributed by atoms with E-state index in [0.29, 0.717) is 24.9 Å². The lowest BCUT2D eigenvalue weighted by Gasteiger charge is -2.29. The van der Waals surface area contributed by atoms with E-state index in [-0.39, 0.29) is 18.3 Å². The summed E-state index contributed by atoms with van der Waals surface area (Å²) in [5, 5.41) is 3.43. The lowest BCUT2D eigenvalue weighted by Crippen LogP contribution is -2.37. The van der Waals surface area contributed by atoms with Gasteiger partial charge < -0.3 is 15.0 Å². The molecule has 2 atom stereocenters. The predicted molar refractivity (Wildman–Crippen MR) is 87.8 cm³/mol. The van der Waals surface area contributed by atoms with Gasteiger partial charge in [-0.1, -0.05) is 6.92 Å². The lowest BCUT2D eigenvalue weighted by molar-refractivity contribution is -0.131. The van der Waals surface area contributed by atoms with E-state index in [4.69, 9.17) is 4.74 Å². The fourth-order valence-corrected chi connectivity index (χ4v) is 2.82. The first-order valence-electron chi connectivity index (χ1n) is 8.19. The van der Waals surface area contributed by atoms with Crippen molar-refractivity contribution >= 4 is 18.3 Å². The minimum Gasteiger partial charge on any atom is -0.379 e. The Hall–Kier alpha value is -0.320. The van der Waals surface area contributed by atoms with Gasteiger partial charge in [-0.15, -0.1) is 12.4 Å². The first kappa shape index (κ1) is 18.7. The minimum atomic E-state index is 0. The second-order valence-electron chi connectivity index (χ2n) is 6.62. The third-order valence-electron chi connectivity index (χ3n) is 4.68. The van der Waals surface area contributed by atoms with Crippen LogP contribution in [0, 0.1) is 17.8 Å². The average Bonchev–Trinajstić information content (AvgIpc) is 3.28. The van der Waals surface area contributed by atoms with Crippen LogP contribution in [0.15, 0.2) is 0 Å². The third-order valence-corrected chi connectivity index (χ3v) is 4.68. The van der Waals surface area contributed by atoms with Crippen LogP contribution in [0.1, 0.15) is 39.0 Å². The maximum absolute atomic E-state index is 12.2. The van der Waals surface area contributed by atoms with E-state index in [1.54, 1.807) is 0 Å². The van der Waals surface area contributed by atoms with Crippen LogP contribution in [0.4, 0.5) is 0 Å². The van der Waals surface area contributed by atoms with Crippen molar-refractivity contribution in [1.82, 2.24) is 10.2 Å². The fourth-order valence-electron chi connectivity index (χ4n) is 2.82. The van der Waals surface area contributed by atoms with E-state index in [1.165, 1.54) is 25.7 Å². The summed E-state index contributed by atoms with van der Waals surface area (Å²) in [4.78, 5) is 14.0.